The molecule has 0 bridgehead atoms. The molecule has 1 aliphatic carbocycles. The molecule has 33 heavy (non-hydrogen) atoms. The highest BCUT2D eigenvalue weighted by Crippen LogP contribution is 2.27. The molecule has 3 fully saturated rings. The number of carbonyl (C=O) groups excluding carboxylic acids is 4. The zero-order chi connectivity index (χ0) is 23.4. The summed E-state index contributed by atoms with van der Waals surface area (Å²) in [6.45, 7) is 0.694. The number of furan rings is 1. The minimum atomic E-state index is -0.926. The van der Waals surface area contributed by atoms with Gasteiger partial charge in [0, 0.05) is 19.1 Å². The summed E-state index contributed by atoms with van der Waals surface area (Å²) in [5, 5.41) is 5.94. The normalized spacial score (nSPS) is 25.7. The van der Waals surface area contributed by atoms with Crippen LogP contribution in [0.5, 0.6) is 0 Å². The molecule has 1 aromatic heterocycles. The van der Waals surface area contributed by atoms with E-state index in [9.17, 15) is 19.2 Å². The van der Waals surface area contributed by atoms with Gasteiger partial charge < -0.3 is 29.6 Å². The van der Waals surface area contributed by atoms with Crippen LogP contribution in [0, 0.1) is 0 Å². The van der Waals surface area contributed by atoms with E-state index in [1.807, 2.05) is 0 Å². The highest BCUT2D eigenvalue weighted by atomic mass is 16.5. The molecule has 2 saturated heterocycles. The Balaban J connectivity index is 1.52. The molecular weight excluding hydrogens is 428 g/mol. The first kappa shape index (κ1) is 23.1. The highest BCUT2D eigenvalue weighted by Gasteiger charge is 2.48. The molecule has 0 spiro atoms. The van der Waals surface area contributed by atoms with E-state index >= 15 is 0 Å². The van der Waals surface area contributed by atoms with Gasteiger partial charge in [-0.3, -0.25) is 9.59 Å². The van der Waals surface area contributed by atoms with Gasteiger partial charge in [0.2, 0.25) is 5.91 Å². The minimum Gasteiger partial charge on any atom is -0.467 e. The summed E-state index contributed by atoms with van der Waals surface area (Å²) in [5.74, 6) is -1.11. The van der Waals surface area contributed by atoms with Crippen LogP contribution in [-0.2, 0) is 14.3 Å². The largest absolute Gasteiger partial charge is 0.467 e. The van der Waals surface area contributed by atoms with Gasteiger partial charge in [-0.2, -0.15) is 0 Å². The first-order valence-electron chi connectivity index (χ1n) is 11.8. The number of carbonyl (C=O) groups is 4. The second-order valence-corrected chi connectivity index (χ2v) is 8.98. The predicted molar refractivity (Wildman–Crippen MR) is 117 cm³/mol. The molecular formula is C23H32N4O6. The summed E-state index contributed by atoms with van der Waals surface area (Å²) >= 11 is 0. The van der Waals surface area contributed by atoms with Gasteiger partial charge in [0.05, 0.1) is 19.4 Å². The van der Waals surface area contributed by atoms with Gasteiger partial charge >= 0.3 is 12.0 Å². The molecule has 3 atom stereocenters. The third kappa shape index (κ3) is 4.99. The lowest BCUT2D eigenvalue weighted by atomic mass is 9.96. The standard InChI is InChI=1S/C23H32N4O6/c1-32-22(30)17-9-5-12-26(17)21(29)19-16(25-23(31)24-15-7-3-2-4-8-15)11-13-27(19)20(28)18-10-6-14-33-18/h6,10,14-17,19H,2-5,7-9,11-13H2,1H3,(H2,24,25,31)/t16-,17+,19-/m0/s1. The van der Waals surface area contributed by atoms with Crippen LogP contribution in [0.25, 0.3) is 0 Å². The molecule has 2 N–H and O–H groups in total. The number of nitrogens with one attached hydrogen (secondary N) is 2. The first-order valence-corrected chi connectivity index (χ1v) is 11.8. The number of likely N-dealkylation sites (tertiary alicyclic amines) is 2. The van der Waals surface area contributed by atoms with E-state index in [2.05, 4.69) is 10.6 Å². The molecule has 0 unspecified atom stereocenters. The number of amides is 4. The van der Waals surface area contributed by atoms with Gasteiger partial charge in [0.1, 0.15) is 12.1 Å². The number of nitrogens with zero attached hydrogens (tertiary/aromatic N) is 2. The Hall–Kier alpha value is -3.04. The number of methoxy groups -OCH3 is 1. The average Bonchev–Trinajstić information content (AvgIpc) is 3.59. The number of rotatable bonds is 5. The highest BCUT2D eigenvalue weighted by molar-refractivity contribution is 5.97. The lowest BCUT2D eigenvalue weighted by Gasteiger charge is -2.33. The van der Waals surface area contributed by atoms with Gasteiger partial charge in [-0.1, -0.05) is 19.3 Å². The number of urea groups is 1. The summed E-state index contributed by atoms with van der Waals surface area (Å²) in [4.78, 5) is 54.7. The number of esters is 1. The Bertz CT molecular complexity index is 866. The summed E-state index contributed by atoms with van der Waals surface area (Å²) in [6.07, 6.45) is 8.26. The Morgan fingerprint density at radius 2 is 1.76 bits per heavy atom. The predicted octanol–water partition coefficient (Wildman–Crippen LogP) is 1.66. The van der Waals surface area contributed by atoms with Crippen molar-refractivity contribution in [2.24, 2.45) is 0 Å². The maximum absolute atomic E-state index is 13.7. The molecule has 1 aromatic rings. The molecule has 3 aliphatic rings. The van der Waals surface area contributed by atoms with E-state index in [0.717, 1.165) is 25.7 Å². The molecule has 10 heteroatoms. The van der Waals surface area contributed by atoms with Gasteiger partial charge in [0.15, 0.2) is 5.76 Å². The quantitative estimate of drug-likeness (QED) is 0.645. The Kier molecular flexibility index (Phi) is 7.20. The van der Waals surface area contributed by atoms with E-state index in [-0.39, 0.29) is 23.7 Å². The molecule has 2 aliphatic heterocycles. The summed E-state index contributed by atoms with van der Waals surface area (Å²) < 4.78 is 10.1. The molecule has 10 nitrogen and oxygen atoms in total. The zero-order valence-electron chi connectivity index (χ0n) is 19.0. The second kappa shape index (κ2) is 10.3. The third-order valence-corrected chi connectivity index (χ3v) is 6.91. The van der Waals surface area contributed by atoms with E-state index in [0.29, 0.717) is 32.4 Å². The van der Waals surface area contributed by atoms with Crippen molar-refractivity contribution >= 4 is 23.8 Å². The van der Waals surface area contributed by atoms with E-state index < -0.39 is 30.0 Å². The van der Waals surface area contributed by atoms with Gasteiger partial charge in [-0.05, 0) is 44.2 Å². The summed E-state index contributed by atoms with van der Waals surface area (Å²) in [5.41, 5.74) is 0. The Morgan fingerprint density at radius 3 is 2.45 bits per heavy atom. The lowest BCUT2D eigenvalue weighted by Crippen LogP contribution is -2.58. The third-order valence-electron chi connectivity index (χ3n) is 6.91. The first-order chi connectivity index (χ1) is 16.0. The van der Waals surface area contributed by atoms with Crippen molar-refractivity contribution in [1.29, 1.82) is 0 Å². The molecule has 0 aromatic carbocycles. The zero-order valence-corrected chi connectivity index (χ0v) is 19.0. The van der Waals surface area contributed by atoms with Gasteiger partial charge in [-0.15, -0.1) is 0 Å². The van der Waals surface area contributed by atoms with Crippen molar-refractivity contribution < 1.29 is 28.3 Å². The minimum absolute atomic E-state index is 0.123. The van der Waals surface area contributed by atoms with Crippen LogP contribution in [0.1, 0.15) is 61.9 Å². The van der Waals surface area contributed by atoms with Crippen LogP contribution in [-0.4, -0.2) is 78.0 Å². The average molecular weight is 461 g/mol. The van der Waals surface area contributed by atoms with Crippen LogP contribution >= 0.6 is 0 Å². The monoisotopic (exact) mass is 460 g/mol. The summed E-state index contributed by atoms with van der Waals surface area (Å²) in [7, 11) is 1.30. The Morgan fingerprint density at radius 1 is 0.970 bits per heavy atom. The van der Waals surface area contributed by atoms with E-state index in [1.165, 1.54) is 29.6 Å². The van der Waals surface area contributed by atoms with Crippen molar-refractivity contribution in [3.8, 4) is 0 Å². The maximum Gasteiger partial charge on any atom is 0.328 e. The van der Waals surface area contributed by atoms with E-state index in [1.54, 1.807) is 12.1 Å². The molecule has 3 heterocycles. The van der Waals surface area contributed by atoms with Crippen LogP contribution in [0.15, 0.2) is 22.8 Å². The van der Waals surface area contributed by atoms with Crippen molar-refractivity contribution in [3.05, 3.63) is 24.2 Å². The van der Waals surface area contributed by atoms with E-state index in [4.69, 9.17) is 9.15 Å². The SMILES string of the molecule is COC(=O)[C@H]1CCCN1C(=O)[C@@H]1[C@@H](NC(=O)NC2CCCCC2)CCN1C(=O)c1ccco1. The van der Waals surface area contributed by atoms with Crippen molar-refractivity contribution in [1.82, 2.24) is 20.4 Å². The fourth-order valence-electron chi connectivity index (χ4n) is 5.24. The molecule has 4 amide bonds. The molecule has 180 valence electrons. The molecule has 0 radical (unpaired) electrons. The van der Waals surface area contributed by atoms with Gasteiger partial charge in [-0.25, -0.2) is 9.59 Å². The smallest absolute Gasteiger partial charge is 0.328 e. The number of hydrogen-bond donors (Lipinski definition) is 2. The topological polar surface area (TPSA) is 121 Å². The van der Waals surface area contributed by atoms with Crippen molar-refractivity contribution in [3.63, 3.8) is 0 Å². The van der Waals surface area contributed by atoms with Crippen molar-refractivity contribution in [2.75, 3.05) is 20.2 Å². The fraction of sp³-hybridized carbons (Fsp3) is 0.652. The summed E-state index contributed by atoms with van der Waals surface area (Å²) in [6, 6.07) is 0.777. The second-order valence-electron chi connectivity index (χ2n) is 8.98. The lowest BCUT2D eigenvalue weighted by molar-refractivity contribution is -0.152. The van der Waals surface area contributed by atoms with Crippen LogP contribution < -0.4 is 10.6 Å². The van der Waals surface area contributed by atoms with Crippen LogP contribution in [0.2, 0.25) is 0 Å². The maximum atomic E-state index is 13.7. The fourth-order valence-corrected chi connectivity index (χ4v) is 5.24. The molecule has 1 saturated carbocycles. The number of ether oxygens (including phenoxy) is 1. The van der Waals surface area contributed by atoms with Crippen LogP contribution in [0.4, 0.5) is 4.79 Å². The molecule has 4 rings (SSSR count). The van der Waals surface area contributed by atoms with Crippen molar-refractivity contribution in [2.45, 2.75) is 75.5 Å². The Labute approximate surface area is 193 Å². The van der Waals surface area contributed by atoms with Gasteiger partial charge in [0.25, 0.3) is 5.91 Å². The number of hydrogen-bond acceptors (Lipinski definition) is 6. The van der Waals surface area contributed by atoms with Crippen LogP contribution in [0.3, 0.4) is 0 Å².